The molecule has 2 aliphatic rings. The number of terminal acetylenes is 1. The Bertz CT molecular complexity index is 945. The average Bonchev–Trinajstić information content (AvgIpc) is 3.47. The van der Waals surface area contributed by atoms with Crippen LogP contribution in [0.15, 0.2) is 36.5 Å². The zero-order chi connectivity index (χ0) is 20.3. The van der Waals surface area contributed by atoms with Gasteiger partial charge in [-0.05, 0) is 55.4 Å². The number of aromatic nitrogens is 1. The number of hydrogen-bond donors (Lipinski definition) is 1. The molecule has 1 aliphatic heterocycles. The lowest BCUT2D eigenvalue weighted by molar-refractivity contribution is -0.130. The summed E-state index contributed by atoms with van der Waals surface area (Å²) >= 11 is 0. The van der Waals surface area contributed by atoms with Gasteiger partial charge in [0.15, 0.2) is 0 Å². The van der Waals surface area contributed by atoms with Crippen molar-refractivity contribution in [2.45, 2.75) is 56.9 Å². The van der Waals surface area contributed by atoms with Crippen LogP contribution in [0.3, 0.4) is 0 Å². The molecule has 0 radical (unpaired) electrons. The van der Waals surface area contributed by atoms with Crippen LogP contribution in [0.1, 0.15) is 50.5 Å². The largest absolute Gasteiger partial charge is 0.497 e. The predicted molar refractivity (Wildman–Crippen MR) is 117 cm³/mol. The molecule has 1 atom stereocenters. The summed E-state index contributed by atoms with van der Waals surface area (Å²) in [5.74, 6) is 4.70. The molecule has 152 valence electrons. The van der Waals surface area contributed by atoms with Crippen molar-refractivity contribution in [2.75, 3.05) is 13.7 Å². The zero-order valence-electron chi connectivity index (χ0n) is 17.2. The smallest absolute Gasteiger partial charge is 0.223 e. The summed E-state index contributed by atoms with van der Waals surface area (Å²) in [6.45, 7) is 0.643. The third kappa shape index (κ3) is 3.92. The van der Waals surface area contributed by atoms with E-state index in [9.17, 15) is 4.79 Å². The van der Waals surface area contributed by atoms with Gasteiger partial charge in [0.2, 0.25) is 5.91 Å². The summed E-state index contributed by atoms with van der Waals surface area (Å²) in [6.07, 6.45) is 20.6. The Kier molecular flexibility index (Phi) is 5.67. The molecule has 4 rings (SSSR count). The number of H-pyrrole nitrogens is 1. The van der Waals surface area contributed by atoms with Gasteiger partial charge in [0, 0.05) is 36.5 Å². The Hall–Kier alpha value is -2.67. The zero-order valence-corrected chi connectivity index (χ0v) is 17.2. The standard InChI is InChI=1S/C25H30N2O2/c1-3-25(14-6-9-19-7-4-5-8-19)15-12-24(28)27(25)16-13-20-18-26-23-11-10-21(29-2)17-22(20)23/h1,6,9-11,17-19,26H,4-5,7-8,12-16H2,2H3/b9-6+/t25-/m1/s1. The second-order valence-corrected chi connectivity index (χ2v) is 8.37. The lowest BCUT2D eigenvalue weighted by atomic mass is 9.91. The fraction of sp³-hybridized carbons (Fsp3) is 0.480. The maximum Gasteiger partial charge on any atom is 0.223 e. The highest BCUT2D eigenvalue weighted by Gasteiger charge is 2.42. The van der Waals surface area contributed by atoms with E-state index >= 15 is 0 Å². The molecule has 1 aromatic heterocycles. The number of fused-ring (bicyclic) bond motifs is 1. The minimum atomic E-state index is -0.476. The molecule has 1 aliphatic carbocycles. The highest BCUT2D eigenvalue weighted by Crippen LogP contribution is 2.35. The molecule has 0 spiro atoms. The highest BCUT2D eigenvalue weighted by molar-refractivity contribution is 5.85. The molecule has 1 amide bonds. The molecule has 4 nitrogen and oxygen atoms in total. The third-order valence-electron chi connectivity index (χ3n) is 6.68. The maximum absolute atomic E-state index is 12.7. The molecular weight excluding hydrogens is 360 g/mol. The molecule has 2 heterocycles. The first-order chi connectivity index (χ1) is 14.1. The van der Waals surface area contributed by atoms with Crippen molar-refractivity contribution in [3.8, 4) is 18.1 Å². The van der Waals surface area contributed by atoms with Gasteiger partial charge in [0.05, 0.1) is 7.11 Å². The summed E-state index contributed by atoms with van der Waals surface area (Å²) in [5.41, 5.74) is 1.79. The van der Waals surface area contributed by atoms with E-state index in [0.717, 1.165) is 35.9 Å². The van der Waals surface area contributed by atoms with E-state index in [0.29, 0.717) is 18.9 Å². The van der Waals surface area contributed by atoms with Gasteiger partial charge in [-0.3, -0.25) is 4.79 Å². The van der Waals surface area contributed by atoms with Crippen LogP contribution >= 0.6 is 0 Å². The van der Waals surface area contributed by atoms with Crippen LogP contribution in [-0.4, -0.2) is 35.0 Å². The van der Waals surface area contributed by atoms with Crippen LogP contribution < -0.4 is 4.74 Å². The molecule has 4 heteroatoms. The minimum absolute atomic E-state index is 0.176. The van der Waals surface area contributed by atoms with Crippen LogP contribution in [0.25, 0.3) is 10.9 Å². The maximum atomic E-state index is 12.7. The van der Waals surface area contributed by atoms with Gasteiger partial charge >= 0.3 is 0 Å². The monoisotopic (exact) mass is 390 g/mol. The molecule has 29 heavy (non-hydrogen) atoms. The molecular formula is C25H30N2O2. The number of hydrogen-bond acceptors (Lipinski definition) is 2. The number of allylic oxidation sites excluding steroid dienone is 1. The van der Waals surface area contributed by atoms with Crippen molar-refractivity contribution in [1.82, 2.24) is 9.88 Å². The fourth-order valence-corrected chi connectivity index (χ4v) is 4.91. The molecule has 1 saturated carbocycles. The number of benzene rings is 1. The van der Waals surface area contributed by atoms with Crippen LogP contribution in [0.4, 0.5) is 0 Å². The molecule has 1 N–H and O–H groups in total. The number of carbonyl (C=O) groups is 1. The first kappa shape index (κ1) is 19.6. The summed E-state index contributed by atoms with van der Waals surface area (Å²) < 4.78 is 5.37. The number of nitrogens with one attached hydrogen (secondary N) is 1. The van der Waals surface area contributed by atoms with Gasteiger partial charge in [-0.25, -0.2) is 0 Å². The van der Waals surface area contributed by atoms with Gasteiger partial charge in [-0.15, -0.1) is 6.42 Å². The SMILES string of the molecule is C#C[C@@]1(C/C=C/C2CCCC2)CCC(=O)N1CCc1c[nH]c2ccc(OC)cc12. The first-order valence-corrected chi connectivity index (χ1v) is 10.7. The van der Waals surface area contributed by atoms with Gasteiger partial charge in [0.25, 0.3) is 0 Å². The van der Waals surface area contributed by atoms with Gasteiger partial charge in [-0.1, -0.05) is 30.9 Å². The van der Waals surface area contributed by atoms with Crippen LogP contribution in [0.5, 0.6) is 5.75 Å². The predicted octanol–water partition coefficient (Wildman–Crippen LogP) is 4.85. The van der Waals surface area contributed by atoms with Crippen molar-refractivity contribution in [3.05, 3.63) is 42.1 Å². The number of likely N-dealkylation sites (tertiary alicyclic amines) is 1. The molecule has 1 aromatic carbocycles. The Balaban J connectivity index is 1.48. The van der Waals surface area contributed by atoms with Crippen molar-refractivity contribution in [3.63, 3.8) is 0 Å². The second-order valence-electron chi connectivity index (χ2n) is 8.37. The average molecular weight is 391 g/mol. The van der Waals surface area contributed by atoms with Crippen LogP contribution in [0, 0.1) is 18.3 Å². The number of carbonyl (C=O) groups excluding carboxylic acids is 1. The Morgan fingerprint density at radius 3 is 2.97 bits per heavy atom. The molecule has 2 fully saturated rings. The number of methoxy groups -OCH3 is 1. The van der Waals surface area contributed by atoms with Gasteiger partial charge in [-0.2, -0.15) is 0 Å². The van der Waals surface area contributed by atoms with E-state index in [1.54, 1.807) is 7.11 Å². The minimum Gasteiger partial charge on any atom is -0.497 e. The molecule has 0 bridgehead atoms. The van der Waals surface area contributed by atoms with Crippen LogP contribution in [-0.2, 0) is 11.2 Å². The summed E-state index contributed by atoms with van der Waals surface area (Å²) in [4.78, 5) is 17.9. The number of nitrogens with zero attached hydrogens (tertiary/aromatic N) is 1. The van der Waals surface area contributed by atoms with Crippen molar-refractivity contribution in [1.29, 1.82) is 0 Å². The summed E-state index contributed by atoms with van der Waals surface area (Å²) in [6, 6.07) is 6.02. The Labute approximate surface area is 173 Å². The molecule has 1 saturated heterocycles. The number of aromatic amines is 1. The fourth-order valence-electron chi connectivity index (χ4n) is 4.91. The van der Waals surface area contributed by atoms with Gasteiger partial charge < -0.3 is 14.6 Å². The van der Waals surface area contributed by atoms with E-state index in [4.69, 9.17) is 11.2 Å². The Morgan fingerprint density at radius 2 is 2.21 bits per heavy atom. The Morgan fingerprint density at radius 1 is 1.38 bits per heavy atom. The molecule has 2 aromatic rings. The summed E-state index contributed by atoms with van der Waals surface area (Å²) in [5, 5.41) is 1.14. The summed E-state index contributed by atoms with van der Waals surface area (Å²) in [7, 11) is 1.68. The van der Waals surface area contributed by atoms with Gasteiger partial charge in [0.1, 0.15) is 11.3 Å². The van der Waals surface area contributed by atoms with E-state index in [2.05, 4.69) is 23.1 Å². The third-order valence-corrected chi connectivity index (χ3v) is 6.68. The lowest BCUT2D eigenvalue weighted by Crippen LogP contribution is -2.45. The van der Waals surface area contributed by atoms with Crippen molar-refractivity contribution in [2.24, 2.45) is 5.92 Å². The van der Waals surface area contributed by atoms with E-state index in [-0.39, 0.29) is 5.91 Å². The quantitative estimate of drug-likeness (QED) is 0.543. The number of amides is 1. The number of ether oxygens (including phenoxy) is 1. The van der Waals surface area contributed by atoms with E-state index < -0.39 is 5.54 Å². The normalized spacial score (nSPS) is 22.8. The van der Waals surface area contributed by atoms with Crippen molar-refractivity contribution >= 4 is 16.8 Å². The van der Waals surface area contributed by atoms with Crippen LogP contribution in [0.2, 0.25) is 0 Å². The van der Waals surface area contributed by atoms with E-state index in [1.165, 1.54) is 31.2 Å². The number of rotatable bonds is 7. The first-order valence-electron chi connectivity index (χ1n) is 10.7. The lowest BCUT2D eigenvalue weighted by Gasteiger charge is -2.33. The van der Waals surface area contributed by atoms with Crippen molar-refractivity contribution < 1.29 is 9.53 Å². The second kappa shape index (κ2) is 8.37. The highest BCUT2D eigenvalue weighted by atomic mass is 16.5. The van der Waals surface area contributed by atoms with E-state index in [1.807, 2.05) is 29.3 Å². The molecule has 0 unspecified atom stereocenters. The topological polar surface area (TPSA) is 45.3 Å².